The molecule has 0 atom stereocenters. The minimum atomic E-state index is -0.448. The van der Waals surface area contributed by atoms with Crippen LogP contribution < -0.4 is 0 Å². The van der Waals surface area contributed by atoms with Gasteiger partial charge in [0.05, 0.1) is 0 Å². The van der Waals surface area contributed by atoms with Crippen molar-refractivity contribution in [3.8, 4) is 0 Å². The van der Waals surface area contributed by atoms with Gasteiger partial charge in [-0.2, -0.15) is 0 Å². The molecule has 1 aliphatic carbocycles. The Labute approximate surface area is 102 Å². The average molecular weight is 244 g/mol. The van der Waals surface area contributed by atoms with E-state index < -0.39 is 5.82 Å². The van der Waals surface area contributed by atoms with Crippen molar-refractivity contribution < 1.29 is 13.2 Å². The third-order valence-electron chi connectivity index (χ3n) is 3.61. The molecule has 1 aliphatic rings. The summed E-state index contributed by atoms with van der Waals surface area (Å²) in [7, 11) is 0. The van der Waals surface area contributed by atoms with Crippen molar-refractivity contribution in [2.45, 2.75) is 18.8 Å². The first-order chi connectivity index (χ1) is 8.75. The van der Waals surface area contributed by atoms with Crippen molar-refractivity contribution in [1.29, 1.82) is 0 Å². The van der Waals surface area contributed by atoms with E-state index in [9.17, 15) is 8.78 Å². The van der Waals surface area contributed by atoms with Crippen molar-refractivity contribution in [1.82, 2.24) is 0 Å². The summed E-state index contributed by atoms with van der Waals surface area (Å²) in [6.07, 6.45) is 2.05. The number of rotatable bonds is 1. The Morgan fingerprint density at radius 1 is 0.944 bits per heavy atom. The maximum absolute atomic E-state index is 14.3. The highest BCUT2D eigenvalue weighted by molar-refractivity contribution is 6.05. The fourth-order valence-corrected chi connectivity index (χ4v) is 2.52. The number of benzene rings is 2. The maximum atomic E-state index is 14.3. The lowest BCUT2D eigenvalue weighted by atomic mass is 10.1. The SMILES string of the molecule is Fc1cccc2c1oc1c(F)c(C3CC3)ccc12. The topological polar surface area (TPSA) is 13.1 Å². The lowest BCUT2D eigenvalue weighted by molar-refractivity contribution is 0.552. The average Bonchev–Trinajstić information content (AvgIpc) is 3.12. The molecule has 3 aromatic rings. The van der Waals surface area contributed by atoms with Crippen LogP contribution >= 0.6 is 0 Å². The molecule has 1 saturated carbocycles. The third-order valence-corrected chi connectivity index (χ3v) is 3.61. The van der Waals surface area contributed by atoms with Gasteiger partial charge in [0.25, 0.3) is 0 Å². The summed E-state index contributed by atoms with van der Waals surface area (Å²) in [4.78, 5) is 0. The van der Waals surface area contributed by atoms with E-state index in [1.807, 2.05) is 6.07 Å². The van der Waals surface area contributed by atoms with E-state index >= 15 is 0 Å². The molecule has 1 nitrogen and oxygen atoms in total. The van der Waals surface area contributed by atoms with Crippen molar-refractivity contribution in [2.75, 3.05) is 0 Å². The number of hydrogen-bond acceptors (Lipinski definition) is 1. The van der Waals surface area contributed by atoms with Gasteiger partial charge in [-0.05, 0) is 36.5 Å². The van der Waals surface area contributed by atoms with Crippen LogP contribution in [0.5, 0.6) is 0 Å². The van der Waals surface area contributed by atoms with Crippen LogP contribution in [0, 0.1) is 11.6 Å². The second-order valence-corrected chi connectivity index (χ2v) is 4.84. The molecule has 0 bridgehead atoms. The Morgan fingerprint density at radius 3 is 2.50 bits per heavy atom. The number of halogens is 2. The third kappa shape index (κ3) is 1.24. The van der Waals surface area contributed by atoms with Gasteiger partial charge in [0, 0.05) is 10.8 Å². The smallest absolute Gasteiger partial charge is 0.171 e. The van der Waals surface area contributed by atoms with Gasteiger partial charge in [-0.1, -0.05) is 18.2 Å². The molecule has 90 valence electrons. The molecule has 2 aromatic carbocycles. The molecule has 1 aromatic heterocycles. The van der Waals surface area contributed by atoms with Crippen LogP contribution in [0.25, 0.3) is 21.9 Å². The quantitative estimate of drug-likeness (QED) is 0.602. The zero-order valence-corrected chi connectivity index (χ0v) is 9.54. The van der Waals surface area contributed by atoms with Crippen LogP contribution in [0.4, 0.5) is 8.78 Å². The van der Waals surface area contributed by atoms with E-state index in [2.05, 4.69) is 0 Å². The highest BCUT2D eigenvalue weighted by Gasteiger charge is 2.28. The van der Waals surface area contributed by atoms with Crippen molar-refractivity contribution in [2.24, 2.45) is 0 Å². The molecular weight excluding hydrogens is 234 g/mol. The van der Waals surface area contributed by atoms with E-state index in [0.29, 0.717) is 22.3 Å². The van der Waals surface area contributed by atoms with Crippen molar-refractivity contribution >= 4 is 21.9 Å². The largest absolute Gasteiger partial charge is 0.450 e. The molecule has 4 rings (SSSR count). The number of hydrogen-bond donors (Lipinski definition) is 0. The highest BCUT2D eigenvalue weighted by atomic mass is 19.1. The zero-order valence-electron chi connectivity index (χ0n) is 9.54. The summed E-state index contributed by atoms with van der Waals surface area (Å²) < 4.78 is 33.3. The van der Waals surface area contributed by atoms with Crippen molar-refractivity contribution in [3.63, 3.8) is 0 Å². The van der Waals surface area contributed by atoms with Gasteiger partial charge >= 0.3 is 0 Å². The number of furan rings is 1. The molecule has 0 radical (unpaired) electrons. The molecule has 0 unspecified atom stereocenters. The zero-order chi connectivity index (χ0) is 12.3. The van der Waals surface area contributed by atoms with Gasteiger partial charge in [0.15, 0.2) is 22.8 Å². The molecule has 0 spiro atoms. The minimum absolute atomic E-state index is 0.138. The summed E-state index contributed by atoms with van der Waals surface area (Å²) in [5.41, 5.74) is 1.01. The Morgan fingerprint density at radius 2 is 1.72 bits per heavy atom. The monoisotopic (exact) mass is 244 g/mol. The summed E-state index contributed by atoms with van der Waals surface area (Å²) in [5.74, 6) is -0.464. The lowest BCUT2D eigenvalue weighted by Crippen LogP contribution is -1.86. The minimum Gasteiger partial charge on any atom is -0.450 e. The maximum Gasteiger partial charge on any atom is 0.171 e. The summed E-state index contributed by atoms with van der Waals surface area (Å²) in [6.45, 7) is 0. The van der Waals surface area contributed by atoms with Gasteiger partial charge in [0.2, 0.25) is 0 Å². The Kier molecular flexibility index (Phi) is 1.85. The fourth-order valence-electron chi connectivity index (χ4n) is 2.52. The predicted molar refractivity (Wildman–Crippen MR) is 65.6 cm³/mol. The molecule has 0 amide bonds. The van der Waals surface area contributed by atoms with Gasteiger partial charge in [-0.25, -0.2) is 8.78 Å². The van der Waals surface area contributed by atoms with Crippen LogP contribution in [0.1, 0.15) is 24.3 Å². The first-order valence-corrected chi connectivity index (χ1v) is 6.05. The van der Waals surface area contributed by atoms with Gasteiger partial charge < -0.3 is 4.42 Å². The van der Waals surface area contributed by atoms with Crippen LogP contribution in [-0.2, 0) is 0 Å². The van der Waals surface area contributed by atoms with Gasteiger partial charge in [0.1, 0.15) is 0 Å². The summed E-state index contributed by atoms with van der Waals surface area (Å²) >= 11 is 0. The Balaban J connectivity index is 2.14. The van der Waals surface area contributed by atoms with Crippen molar-refractivity contribution in [3.05, 3.63) is 47.5 Å². The lowest BCUT2D eigenvalue weighted by Gasteiger charge is -2.00. The van der Waals surface area contributed by atoms with E-state index in [1.165, 1.54) is 6.07 Å². The first kappa shape index (κ1) is 10.1. The van der Waals surface area contributed by atoms with E-state index in [-0.39, 0.29) is 17.0 Å². The molecule has 0 N–H and O–H groups in total. The predicted octanol–water partition coefficient (Wildman–Crippen LogP) is 4.74. The van der Waals surface area contributed by atoms with Crippen LogP contribution in [0.15, 0.2) is 34.7 Å². The van der Waals surface area contributed by atoms with E-state index in [0.717, 1.165) is 12.8 Å². The van der Waals surface area contributed by atoms with Gasteiger partial charge in [-0.3, -0.25) is 0 Å². The second-order valence-electron chi connectivity index (χ2n) is 4.84. The number of para-hydroxylation sites is 1. The highest BCUT2D eigenvalue weighted by Crippen LogP contribution is 2.44. The van der Waals surface area contributed by atoms with Gasteiger partial charge in [-0.15, -0.1) is 0 Å². The second kappa shape index (κ2) is 3.31. The summed E-state index contributed by atoms with van der Waals surface area (Å²) in [6, 6.07) is 8.32. The molecule has 3 heteroatoms. The van der Waals surface area contributed by atoms with Crippen LogP contribution in [0.3, 0.4) is 0 Å². The molecule has 18 heavy (non-hydrogen) atoms. The number of fused-ring (bicyclic) bond motifs is 3. The molecular formula is C15H10F2O. The van der Waals surface area contributed by atoms with E-state index in [1.54, 1.807) is 18.2 Å². The Bertz CT molecular complexity index is 769. The molecule has 0 saturated heterocycles. The summed E-state index contributed by atoms with van der Waals surface area (Å²) in [5, 5.41) is 1.28. The van der Waals surface area contributed by atoms with E-state index in [4.69, 9.17) is 4.42 Å². The van der Waals surface area contributed by atoms with Crippen LogP contribution in [0.2, 0.25) is 0 Å². The first-order valence-electron chi connectivity index (χ1n) is 6.05. The Hall–Kier alpha value is -1.90. The normalized spacial score (nSPS) is 15.7. The standard InChI is InChI=1S/C15H10F2O/c16-12-3-1-2-10-11-7-6-9(8-4-5-8)13(17)15(11)18-14(10)12/h1-3,6-8H,4-5H2. The van der Waals surface area contributed by atoms with Crippen LogP contribution in [-0.4, -0.2) is 0 Å². The molecule has 1 fully saturated rings. The molecule has 0 aliphatic heterocycles. The molecule has 1 heterocycles. The fraction of sp³-hybridized carbons (Fsp3) is 0.200.